The molecule has 0 bridgehead atoms. The zero-order valence-electron chi connectivity index (χ0n) is 24.9. The summed E-state index contributed by atoms with van der Waals surface area (Å²) in [7, 11) is 2.92. The van der Waals surface area contributed by atoms with E-state index in [9.17, 15) is 19.7 Å². The number of carbonyl (C=O) groups excluding carboxylic acids is 1. The molecular weight excluding hydrogens is 670 g/mol. The summed E-state index contributed by atoms with van der Waals surface area (Å²) >= 11 is 4.76. The van der Waals surface area contributed by atoms with Crippen LogP contribution in [-0.4, -0.2) is 42.9 Å². The van der Waals surface area contributed by atoms with E-state index in [1.54, 1.807) is 44.2 Å². The highest BCUT2D eigenvalue weighted by atomic mass is 79.9. The van der Waals surface area contributed by atoms with Crippen LogP contribution in [0.25, 0.3) is 17.4 Å². The van der Waals surface area contributed by atoms with Crippen molar-refractivity contribution in [1.82, 2.24) is 4.57 Å². The van der Waals surface area contributed by atoms with E-state index in [4.69, 9.17) is 23.4 Å². The highest BCUT2D eigenvalue weighted by molar-refractivity contribution is 9.10. The molecule has 0 spiro atoms. The fourth-order valence-electron chi connectivity index (χ4n) is 4.98. The summed E-state index contributed by atoms with van der Waals surface area (Å²) < 4.78 is 30.4. The number of aromatic nitrogens is 1. The first-order valence-electron chi connectivity index (χ1n) is 13.7. The van der Waals surface area contributed by atoms with Gasteiger partial charge in [0.1, 0.15) is 17.3 Å². The summed E-state index contributed by atoms with van der Waals surface area (Å²) in [6, 6.07) is 10.1. The number of rotatable bonds is 10. The Morgan fingerprint density at radius 3 is 2.53 bits per heavy atom. The minimum absolute atomic E-state index is 0.118. The number of carbonyl (C=O) groups is 1. The van der Waals surface area contributed by atoms with E-state index >= 15 is 0 Å². The van der Waals surface area contributed by atoms with E-state index in [1.165, 1.54) is 37.0 Å². The number of esters is 1. The van der Waals surface area contributed by atoms with Gasteiger partial charge in [-0.3, -0.25) is 19.5 Å². The van der Waals surface area contributed by atoms with Gasteiger partial charge in [-0.2, -0.15) is 0 Å². The second-order valence-corrected chi connectivity index (χ2v) is 11.5. The third kappa shape index (κ3) is 6.02. The average Bonchev–Trinajstić information content (AvgIpc) is 3.60. The molecule has 0 amide bonds. The Kier molecular flexibility index (Phi) is 9.25. The standard InChI is InChI=1S/C31H28BrN3O9S/c1-6-42-25-15-21(32)20(14-24(25)41-5)28-27(30(37)43-7-2)16(3)33-31-34(28)29(36)26(45-31)13-18-9-11-22(44-18)19-10-8-17(35(38)39)12-23(19)40-4/h8-15,28H,6-7H2,1-5H3/b26-13+/t28-/m1/s1. The molecule has 0 saturated heterocycles. The predicted molar refractivity (Wildman–Crippen MR) is 170 cm³/mol. The van der Waals surface area contributed by atoms with Crippen LogP contribution in [0, 0.1) is 10.1 Å². The molecule has 1 aliphatic rings. The fraction of sp³-hybridized carbons (Fsp3) is 0.258. The largest absolute Gasteiger partial charge is 0.496 e. The van der Waals surface area contributed by atoms with Crippen LogP contribution in [0.5, 0.6) is 17.2 Å². The van der Waals surface area contributed by atoms with Crippen LogP contribution < -0.4 is 29.1 Å². The number of non-ortho nitro benzene ring substituents is 1. The second kappa shape index (κ2) is 13.1. The summed E-state index contributed by atoms with van der Waals surface area (Å²) in [5.74, 6) is 1.36. The minimum Gasteiger partial charge on any atom is -0.496 e. The number of allylic oxidation sites excluding steroid dienone is 1. The molecule has 14 heteroatoms. The summed E-state index contributed by atoms with van der Waals surface area (Å²) in [5, 5.41) is 11.2. The van der Waals surface area contributed by atoms with Gasteiger partial charge in [0.2, 0.25) is 0 Å². The molecule has 1 atom stereocenters. The van der Waals surface area contributed by atoms with Crippen molar-refractivity contribution in [2.75, 3.05) is 27.4 Å². The Morgan fingerprint density at radius 2 is 1.87 bits per heavy atom. The highest BCUT2D eigenvalue weighted by Gasteiger charge is 2.35. The van der Waals surface area contributed by atoms with Gasteiger partial charge in [0.15, 0.2) is 16.3 Å². The first kappa shape index (κ1) is 31.7. The van der Waals surface area contributed by atoms with E-state index in [0.717, 1.165) is 11.3 Å². The van der Waals surface area contributed by atoms with E-state index < -0.39 is 22.5 Å². The number of thiazole rings is 1. The van der Waals surface area contributed by atoms with Crippen molar-refractivity contribution in [2.24, 2.45) is 4.99 Å². The highest BCUT2D eigenvalue weighted by Crippen LogP contribution is 2.41. The van der Waals surface area contributed by atoms with Crippen molar-refractivity contribution in [3.8, 4) is 28.6 Å². The molecule has 0 unspecified atom stereocenters. The lowest BCUT2D eigenvalue weighted by molar-refractivity contribution is -0.384. The third-order valence-corrected chi connectivity index (χ3v) is 8.63. The molecule has 0 fully saturated rings. The van der Waals surface area contributed by atoms with Crippen molar-refractivity contribution in [1.29, 1.82) is 0 Å². The van der Waals surface area contributed by atoms with Crippen LogP contribution in [0.4, 0.5) is 5.69 Å². The topological polar surface area (TPSA) is 145 Å². The number of nitrogens with zero attached hydrogens (tertiary/aromatic N) is 3. The molecule has 5 rings (SSSR count). The maximum atomic E-state index is 14.1. The SMILES string of the molecule is CCOC(=O)C1=C(C)N=c2s/c(=C/c3ccc(-c4ccc([N+](=O)[O-])cc4OC)o3)c(=O)n2[C@@H]1c1cc(OC)c(OCC)cc1Br. The van der Waals surface area contributed by atoms with Crippen LogP contribution in [0.15, 0.2) is 72.4 Å². The van der Waals surface area contributed by atoms with E-state index in [1.807, 2.05) is 6.92 Å². The molecule has 3 heterocycles. The van der Waals surface area contributed by atoms with Gasteiger partial charge in [-0.15, -0.1) is 0 Å². The van der Waals surface area contributed by atoms with Crippen LogP contribution in [0.2, 0.25) is 0 Å². The molecule has 0 saturated carbocycles. The number of nitro benzene ring substituents is 1. The lowest BCUT2D eigenvalue weighted by Gasteiger charge is -2.26. The molecule has 12 nitrogen and oxygen atoms in total. The first-order valence-corrected chi connectivity index (χ1v) is 15.3. The summed E-state index contributed by atoms with van der Waals surface area (Å²) in [6.45, 7) is 5.82. The number of fused-ring (bicyclic) bond motifs is 1. The van der Waals surface area contributed by atoms with Crippen molar-refractivity contribution < 1.29 is 33.1 Å². The lowest BCUT2D eigenvalue weighted by Crippen LogP contribution is -2.40. The number of nitro groups is 1. The molecule has 234 valence electrons. The van der Waals surface area contributed by atoms with Crippen molar-refractivity contribution in [3.05, 3.63) is 99.3 Å². The number of hydrogen-bond acceptors (Lipinski definition) is 11. The fourth-order valence-corrected chi connectivity index (χ4v) is 6.54. The van der Waals surface area contributed by atoms with Gasteiger partial charge < -0.3 is 23.4 Å². The molecule has 2 aromatic heterocycles. The molecule has 2 aromatic carbocycles. The third-order valence-electron chi connectivity index (χ3n) is 6.96. The maximum Gasteiger partial charge on any atom is 0.338 e. The monoisotopic (exact) mass is 697 g/mol. The van der Waals surface area contributed by atoms with Crippen LogP contribution in [0.3, 0.4) is 0 Å². The molecule has 45 heavy (non-hydrogen) atoms. The molecule has 0 N–H and O–H groups in total. The Hall–Kier alpha value is -4.69. The average molecular weight is 699 g/mol. The molecule has 1 aliphatic heterocycles. The van der Waals surface area contributed by atoms with Crippen LogP contribution >= 0.6 is 27.3 Å². The predicted octanol–water partition coefficient (Wildman–Crippen LogP) is 5.14. The molecule has 0 radical (unpaired) electrons. The van der Waals surface area contributed by atoms with Crippen molar-refractivity contribution in [2.45, 2.75) is 26.8 Å². The summed E-state index contributed by atoms with van der Waals surface area (Å²) in [6.07, 6.45) is 1.58. The van der Waals surface area contributed by atoms with Crippen LogP contribution in [0.1, 0.15) is 38.1 Å². The van der Waals surface area contributed by atoms with Crippen molar-refractivity contribution in [3.63, 3.8) is 0 Å². The number of benzene rings is 2. The lowest BCUT2D eigenvalue weighted by atomic mass is 9.95. The van der Waals surface area contributed by atoms with Gasteiger partial charge in [-0.05, 0) is 56.7 Å². The quantitative estimate of drug-likeness (QED) is 0.125. The summed E-state index contributed by atoms with van der Waals surface area (Å²) in [5.41, 5.74) is 1.19. The van der Waals surface area contributed by atoms with E-state index in [2.05, 4.69) is 20.9 Å². The molecular formula is C31H28BrN3O9S. The Morgan fingerprint density at radius 1 is 1.11 bits per heavy atom. The Bertz CT molecular complexity index is 2030. The minimum atomic E-state index is -0.891. The smallest absolute Gasteiger partial charge is 0.338 e. The van der Waals surface area contributed by atoms with E-state index in [0.29, 0.717) is 60.3 Å². The zero-order valence-corrected chi connectivity index (χ0v) is 27.3. The van der Waals surface area contributed by atoms with Gasteiger partial charge in [-0.1, -0.05) is 27.3 Å². The molecule has 0 aliphatic carbocycles. The number of furan rings is 1. The number of methoxy groups -OCH3 is 2. The van der Waals surface area contributed by atoms with E-state index in [-0.39, 0.29) is 23.6 Å². The Balaban J connectivity index is 1.65. The van der Waals surface area contributed by atoms with Crippen LogP contribution in [-0.2, 0) is 9.53 Å². The van der Waals surface area contributed by atoms with Crippen molar-refractivity contribution >= 4 is 45.0 Å². The van der Waals surface area contributed by atoms with Gasteiger partial charge >= 0.3 is 5.97 Å². The van der Waals surface area contributed by atoms with Gasteiger partial charge in [0, 0.05) is 16.6 Å². The Labute approximate surface area is 269 Å². The van der Waals surface area contributed by atoms with Gasteiger partial charge in [0.25, 0.3) is 11.2 Å². The molecule has 4 aromatic rings. The second-order valence-electron chi connectivity index (χ2n) is 9.60. The first-order chi connectivity index (χ1) is 21.6. The normalized spacial score (nSPS) is 14.5. The number of hydrogen-bond donors (Lipinski definition) is 0. The summed E-state index contributed by atoms with van der Waals surface area (Å²) in [4.78, 5) is 43.0. The maximum absolute atomic E-state index is 14.1. The van der Waals surface area contributed by atoms with Gasteiger partial charge in [-0.25, -0.2) is 9.79 Å². The number of ether oxygens (including phenoxy) is 4. The zero-order chi connectivity index (χ0) is 32.4. The van der Waals surface area contributed by atoms with Gasteiger partial charge in [0.05, 0.1) is 65.8 Å². The number of halogens is 1.